The zero-order valence-corrected chi connectivity index (χ0v) is 9.02. The van der Waals surface area contributed by atoms with E-state index < -0.39 is 0 Å². The molecule has 0 aromatic carbocycles. The Morgan fingerprint density at radius 1 is 1.40 bits per heavy atom. The third-order valence-corrected chi connectivity index (χ3v) is 2.06. The average molecular weight is 267 g/mol. The van der Waals surface area contributed by atoms with E-state index >= 15 is 0 Å². The Balaban J connectivity index is 0.000000810. The number of aryl methyl sites for hydroxylation is 1. The predicted molar refractivity (Wildman–Crippen MR) is 39.4 cm³/mol. The fraction of sp³-hybridized carbons (Fsp3) is 0.286. The highest BCUT2D eigenvalue weighted by atomic mass is 127. The normalized spacial score (nSPS) is 8.60. The molecular weight excluding hydrogens is 257 g/mol. The van der Waals surface area contributed by atoms with Crippen molar-refractivity contribution in [1.82, 2.24) is 0 Å². The lowest BCUT2D eigenvalue weighted by Crippen LogP contribution is -3.00. The monoisotopic (exact) mass is 267 g/mol. The summed E-state index contributed by atoms with van der Waals surface area (Å²) in [5, 5.41) is 1.29. The SMILES string of the molecule is CSc1cccc[n+]1C.[I-]. The second-order valence-electron chi connectivity index (χ2n) is 1.85. The van der Waals surface area contributed by atoms with Crippen LogP contribution in [0, 0.1) is 0 Å². The molecule has 1 aromatic rings. The lowest BCUT2D eigenvalue weighted by molar-refractivity contribution is -0.708. The number of pyridine rings is 1. The van der Waals surface area contributed by atoms with Gasteiger partial charge in [-0.3, -0.25) is 0 Å². The summed E-state index contributed by atoms with van der Waals surface area (Å²) in [4.78, 5) is 0. The summed E-state index contributed by atoms with van der Waals surface area (Å²) >= 11 is 1.76. The predicted octanol–water partition coefficient (Wildman–Crippen LogP) is -1.76. The molecule has 3 heteroatoms. The highest BCUT2D eigenvalue weighted by Gasteiger charge is 1.98. The highest BCUT2D eigenvalue weighted by Crippen LogP contribution is 2.05. The quantitative estimate of drug-likeness (QED) is 0.331. The van der Waals surface area contributed by atoms with Gasteiger partial charge in [0.05, 0.1) is 0 Å². The molecule has 0 spiro atoms. The van der Waals surface area contributed by atoms with Crippen LogP contribution in [-0.2, 0) is 7.05 Å². The van der Waals surface area contributed by atoms with Gasteiger partial charge in [-0.05, 0) is 12.3 Å². The number of rotatable bonds is 1. The van der Waals surface area contributed by atoms with Gasteiger partial charge in [-0.25, -0.2) is 0 Å². The zero-order chi connectivity index (χ0) is 6.69. The summed E-state index contributed by atoms with van der Waals surface area (Å²) in [7, 11) is 2.05. The first kappa shape index (κ1) is 10.2. The number of thioether (sulfide) groups is 1. The van der Waals surface area contributed by atoms with Crippen LogP contribution in [0.15, 0.2) is 29.4 Å². The van der Waals surface area contributed by atoms with Crippen LogP contribution >= 0.6 is 11.8 Å². The molecule has 1 aromatic heterocycles. The molecule has 0 atom stereocenters. The second-order valence-corrected chi connectivity index (χ2v) is 2.68. The first-order valence-electron chi connectivity index (χ1n) is 2.83. The zero-order valence-electron chi connectivity index (χ0n) is 6.04. The van der Waals surface area contributed by atoms with Crippen molar-refractivity contribution in [3.05, 3.63) is 24.4 Å². The van der Waals surface area contributed by atoms with E-state index in [-0.39, 0.29) is 24.0 Å². The van der Waals surface area contributed by atoms with E-state index in [1.54, 1.807) is 11.8 Å². The number of nitrogens with zero attached hydrogens (tertiary/aromatic N) is 1. The topological polar surface area (TPSA) is 3.88 Å². The summed E-state index contributed by atoms with van der Waals surface area (Å²) < 4.78 is 2.10. The highest BCUT2D eigenvalue weighted by molar-refractivity contribution is 7.98. The molecule has 56 valence electrons. The Morgan fingerprint density at radius 3 is 2.50 bits per heavy atom. The van der Waals surface area contributed by atoms with Gasteiger partial charge < -0.3 is 24.0 Å². The lowest BCUT2D eigenvalue weighted by Gasteiger charge is -1.91. The van der Waals surface area contributed by atoms with E-state index in [2.05, 4.69) is 16.9 Å². The van der Waals surface area contributed by atoms with Crippen LogP contribution in [0.2, 0.25) is 0 Å². The van der Waals surface area contributed by atoms with Crippen LogP contribution in [0.4, 0.5) is 0 Å². The van der Waals surface area contributed by atoms with E-state index in [9.17, 15) is 0 Å². The van der Waals surface area contributed by atoms with Crippen molar-refractivity contribution in [3.63, 3.8) is 0 Å². The lowest BCUT2D eigenvalue weighted by atomic mass is 10.5. The summed E-state index contributed by atoms with van der Waals surface area (Å²) in [5.74, 6) is 0. The Hall–Kier alpha value is 0.230. The van der Waals surface area contributed by atoms with Crippen molar-refractivity contribution in [2.45, 2.75) is 5.03 Å². The summed E-state index contributed by atoms with van der Waals surface area (Å²) in [6, 6.07) is 6.18. The van der Waals surface area contributed by atoms with Gasteiger partial charge in [-0.1, -0.05) is 11.8 Å². The molecule has 0 saturated carbocycles. The molecule has 0 saturated heterocycles. The van der Waals surface area contributed by atoms with Gasteiger partial charge >= 0.3 is 0 Å². The number of halogens is 1. The molecule has 0 aliphatic rings. The Bertz CT molecular complexity index is 203. The number of aromatic nitrogens is 1. The molecule has 0 unspecified atom stereocenters. The van der Waals surface area contributed by atoms with Gasteiger partial charge in [0.25, 0.3) is 0 Å². The fourth-order valence-electron chi connectivity index (χ4n) is 0.720. The van der Waals surface area contributed by atoms with Crippen LogP contribution < -0.4 is 28.5 Å². The first-order valence-corrected chi connectivity index (χ1v) is 4.05. The molecule has 0 radical (unpaired) electrons. The van der Waals surface area contributed by atoms with Gasteiger partial charge in [0, 0.05) is 12.1 Å². The first-order chi connectivity index (χ1) is 4.34. The molecule has 1 heterocycles. The van der Waals surface area contributed by atoms with Gasteiger partial charge in [0.1, 0.15) is 7.05 Å². The van der Waals surface area contributed by atoms with Crippen molar-refractivity contribution in [2.75, 3.05) is 6.26 Å². The fourth-order valence-corrected chi connectivity index (χ4v) is 1.28. The molecule has 0 fully saturated rings. The van der Waals surface area contributed by atoms with E-state index in [0.29, 0.717) is 0 Å². The Labute approximate surface area is 82.9 Å². The average Bonchev–Trinajstić information content (AvgIpc) is 1.89. The van der Waals surface area contributed by atoms with E-state index in [1.807, 2.05) is 25.4 Å². The van der Waals surface area contributed by atoms with Crippen LogP contribution in [-0.4, -0.2) is 6.26 Å². The molecule has 1 rings (SSSR count). The summed E-state index contributed by atoms with van der Waals surface area (Å²) in [6.45, 7) is 0. The van der Waals surface area contributed by atoms with Crippen LogP contribution in [0.25, 0.3) is 0 Å². The van der Waals surface area contributed by atoms with Gasteiger partial charge in [-0.2, -0.15) is 4.57 Å². The maximum Gasteiger partial charge on any atom is 0.239 e. The van der Waals surface area contributed by atoms with Gasteiger partial charge in [-0.15, -0.1) is 0 Å². The third kappa shape index (κ3) is 2.46. The summed E-state index contributed by atoms with van der Waals surface area (Å²) in [5.41, 5.74) is 0. The number of hydrogen-bond donors (Lipinski definition) is 0. The maximum absolute atomic E-state index is 2.10. The standard InChI is InChI=1S/C7H10NS.HI/c1-8-6-4-3-5-7(8)9-2;/h3-6H,1-2H3;1H/q+1;/p-1. The molecule has 0 aliphatic heterocycles. The maximum atomic E-state index is 2.10. The van der Waals surface area contributed by atoms with Crippen molar-refractivity contribution in [2.24, 2.45) is 7.05 Å². The van der Waals surface area contributed by atoms with Crippen molar-refractivity contribution >= 4 is 11.8 Å². The molecule has 0 N–H and O–H groups in total. The van der Waals surface area contributed by atoms with Crippen molar-refractivity contribution in [1.29, 1.82) is 0 Å². The molecule has 0 aliphatic carbocycles. The molecule has 0 amide bonds. The second kappa shape index (κ2) is 4.96. The molecule has 1 nitrogen and oxygen atoms in total. The van der Waals surface area contributed by atoms with Gasteiger partial charge in [0.15, 0.2) is 6.20 Å². The van der Waals surface area contributed by atoms with E-state index in [1.165, 1.54) is 5.03 Å². The minimum atomic E-state index is 0. The Morgan fingerprint density at radius 2 is 2.10 bits per heavy atom. The molecule has 10 heavy (non-hydrogen) atoms. The van der Waals surface area contributed by atoms with Crippen LogP contribution in [0.1, 0.15) is 0 Å². The number of hydrogen-bond acceptors (Lipinski definition) is 1. The smallest absolute Gasteiger partial charge is 0.239 e. The minimum Gasteiger partial charge on any atom is -1.00 e. The van der Waals surface area contributed by atoms with Crippen LogP contribution in [0.5, 0.6) is 0 Å². The van der Waals surface area contributed by atoms with E-state index in [4.69, 9.17) is 0 Å². The Kier molecular flexibility index (Phi) is 5.07. The minimum absolute atomic E-state index is 0. The summed E-state index contributed by atoms with van der Waals surface area (Å²) in [6.07, 6.45) is 4.13. The van der Waals surface area contributed by atoms with Crippen molar-refractivity contribution in [3.8, 4) is 0 Å². The third-order valence-electron chi connectivity index (χ3n) is 1.22. The van der Waals surface area contributed by atoms with Crippen LogP contribution in [0.3, 0.4) is 0 Å². The molecule has 0 bridgehead atoms. The largest absolute Gasteiger partial charge is 1.00 e. The van der Waals surface area contributed by atoms with Crippen molar-refractivity contribution < 1.29 is 28.5 Å². The van der Waals surface area contributed by atoms with E-state index in [0.717, 1.165) is 0 Å². The van der Waals surface area contributed by atoms with Gasteiger partial charge in [0.2, 0.25) is 5.03 Å². The molecular formula is C7H10INS.